The minimum Gasteiger partial charge on any atom is -0.496 e. The number of aryl methyl sites for hydroxylation is 1. The number of hydrogen-bond donors (Lipinski definition) is 1. The van der Waals surface area contributed by atoms with Crippen molar-refractivity contribution in [3.63, 3.8) is 0 Å². The van der Waals surface area contributed by atoms with Crippen molar-refractivity contribution in [1.29, 1.82) is 0 Å². The van der Waals surface area contributed by atoms with Crippen LogP contribution in [-0.4, -0.2) is 45.5 Å². The maximum atomic E-state index is 12.6. The minimum atomic E-state index is -3.81. The molecule has 0 aliphatic rings. The number of methoxy groups -OCH3 is 1. The minimum absolute atomic E-state index is 0.0906. The number of sulfonamides is 1. The smallest absolute Gasteiger partial charge is 0.255 e. The van der Waals surface area contributed by atoms with E-state index in [2.05, 4.69) is 26.5 Å². The molecule has 0 saturated carbocycles. The molecular weight excluding hydrogens is 434 g/mol. The number of hydrogen-bond acceptors (Lipinski definition) is 5. The highest BCUT2D eigenvalue weighted by atomic mass is 79.9. The summed E-state index contributed by atoms with van der Waals surface area (Å²) >= 11 is 3.37. The number of rotatable bonds is 7. The lowest BCUT2D eigenvalue weighted by Crippen LogP contribution is -2.36. The van der Waals surface area contributed by atoms with E-state index in [1.54, 1.807) is 13.0 Å². The van der Waals surface area contributed by atoms with Gasteiger partial charge in [-0.25, -0.2) is 13.8 Å². The number of amides is 1. The molecule has 0 saturated heterocycles. The van der Waals surface area contributed by atoms with Crippen molar-refractivity contribution in [1.82, 2.24) is 9.73 Å². The van der Waals surface area contributed by atoms with Crippen LogP contribution in [0.1, 0.15) is 11.1 Å². The second-order valence-corrected chi connectivity index (χ2v) is 8.61. The first-order valence-corrected chi connectivity index (χ1v) is 10.2. The first kappa shape index (κ1) is 21.1. The topological polar surface area (TPSA) is 88.1 Å². The summed E-state index contributed by atoms with van der Waals surface area (Å²) in [7, 11) is -0.953. The van der Waals surface area contributed by atoms with Crippen molar-refractivity contribution in [3.05, 3.63) is 58.1 Å². The van der Waals surface area contributed by atoms with Crippen molar-refractivity contribution in [3.8, 4) is 5.75 Å². The summed E-state index contributed by atoms with van der Waals surface area (Å²) in [5, 5.41) is 3.85. The standard InChI is InChI=1S/C18H20BrN3O4S/c1-13-10-15(8-9-17(13)26-3)27(24,25)22(2)12-18(23)21-20-11-14-6-4-5-7-16(14)19/h4-11H,12H2,1-3H3,(H,21,23)/b20-11-. The van der Waals surface area contributed by atoms with Gasteiger partial charge in [0, 0.05) is 17.1 Å². The van der Waals surface area contributed by atoms with Gasteiger partial charge in [0.05, 0.1) is 24.8 Å². The molecule has 0 radical (unpaired) electrons. The average molecular weight is 454 g/mol. The molecule has 0 unspecified atom stereocenters. The molecule has 2 rings (SSSR count). The highest BCUT2D eigenvalue weighted by Crippen LogP contribution is 2.23. The van der Waals surface area contributed by atoms with E-state index in [-0.39, 0.29) is 11.4 Å². The first-order chi connectivity index (χ1) is 12.8. The zero-order valence-corrected chi connectivity index (χ0v) is 17.5. The lowest BCUT2D eigenvalue weighted by Gasteiger charge is -2.17. The van der Waals surface area contributed by atoms with E-state index >= 15 is 0 Å². The molecule has 0 spiro atoms. The van der Waals surface area contributed by atoms with E-state index in [0.29, 0.717) is 11.3 Å². The molecule has 0 aliphatic heterocycles. The molecule has 0 bridgehead atoms. The molecule has 1 N–H and O–H groups in total. The third-order valence-electron chi connectivity index (χ3n) is 3.74. The molecule has 7 nitrogen and oxygen atoms in total. The van der Waals surface area contributed by atoms with Gasteiger partial charge in [0.2, 0.25) is 10.0 Å². The number of carbonyl (C=O) groups excluding carboxylic acids is 1. The molecule has 2 aromatic rings. The Hall–Kier alpha value is -2.23. The Kier molecular flexibility index (Phi) is 7.11. The molecule has 2 aromatic carbocycles. The van der Waals surface area contributed by atoms with Crippen LogP contribution in [0.4, 0.5) is 0 Å². The van der Waals surface area contributed by atoms with Gasteiger partial charge in [-0.15, -0.1) is 0 Å². The predicted octanol–water partition coefficient (Wildman–Crippen LogP) is 2.54. The zero-order chi connectivity index (χ0) is 20.0. The van der Waals surface area contributed by atoms with E-state index in [0.717, 1.165) is 14.3 Å². The van der Waals surface area contributed by atoms with Gasteiger partial charge in [-0.1, -0.05) is 34.1 Å². The summed E-state index contributed by atoms with van der Waals surface area (Å²) < 4.78 is 32.2. The fourth-order valence-corrected chi connectivity index (χ4v) is 3.87. The zero-order valence-electron chi connectivity index (χ0n) is 15.1. The lowest BCUT2D eigenvalue weighted by molar-refractivity contribution is -0.121. The fraction of sp³-hybridized carbons (Fsp3) is 0.222. The van der Waals surface area contributed by atoms with E-state index in [1.807, 2.05) is 24.3 Å². The van der Waals surface area contributed by atoms with Gasteiger partial charge in [-0.3, -0.25) is 4.79 Å². The van der Waals surface area contributed by atoms with Crippen LogP contribution in [0.15, 0.2) is 56.9 Å². The molecule has 0 fully saturated rings. The lowest BCUT2D eigenvalue weighted by atomic mass is 10.2. The molecule has 27 heavy (non-hydrogen) atoms. The molecule has 144 valence electrons. The van der Waals surface area contributed by atoms with Crippen LogP contribution in [0.5, 0.6) is 5.75 Å². The van der Waals surface area contributed by atoms with Crippen molar-refractivity contribution in [2.24, 2.45) is 5.10 Å². The maximum absolute atomic E-state index is 12.6. The van der Waals surface area contributed by atoms with E-state index < -0.39 is 15.9 Å². The Bertz CT molecular complexity index is 961. The van der Waals surface area contributed by atoms with E-state index in [9.17, 15) is 13.2 Å². The molecule has 0 aliphatic carbocycles. The number of benzene rings is 2. The summed E-state index contributed by atoms with van der Waals surface area (Å²) in [4.78, 5) is 12.1. The predicted molar refractivity (Wildman–Crippen MR) is 107 cm³/mol. The molecule has 9 heteroatoms. The van der Waals surface area contributed by atoms with Crippen LogP contribution in [0.3, 0.4) is 0 Å². The van der Waals surface area contributed by atoms with Gasteiger partial charge in [-0.05, 0) is 36.8 Å². The summed E-state index contributed by atoms with van der Waals surface area (Å²) in [6.07, 6.45) is 1.48. The second kappa shape index (κ2) is 9.12. The number of hydrazone groups is 1. The van der Waals surface area contributed by atoms with Gasteiger partial charge in [-0.2, -0.15) is 9.41 Å². The van der Waals surface area contributed by atoms with Crippen LogP contribution in [0.2, 0.25) is 0 Å². The fourth-order valence-electron chi connectivity index (χ4n) is 2.27. The van der Waals surface area contributed by atoms with Gasteiger partial charge in [0.1, 0.15) is 5.75 Å². The maximum Gasteiger partial charge on any atom is 0.255 e. The van der Waals surface area contributed by atoms with Crippen molar-refractivity contribution in [2.75, 3.05) is 20.7 Å². The van der Waals surface area contributed by atoms with Crippen LogP contribution >= 0.6 is 15.9 Å². The van der Waals surface area contributed by atoms with Crippen LogP contribution in [-0.2, 0) is 14.8 Å². The summed E-state index contributed by atoms with van der Waals surface area (Å²) in [5.74, 6) is 0.0466. The number of halogens is 1. The third kappa shape index (κ3) is 5.38. The Morgan fingerprint density at radius 2 is 2.00 bits per heavy atom. The monoisotopic (exact) mass is 453 g/mol. The van der Waals surface area contributed by atoms with Crippen molar-refractivity contribution >= 4 is 38.1 Å². The largest absolute Gasteiger partial charge is 0.496 e. The van der Waals surface area contributed by atoms with Crippen LogP contribution < -0.4 is 10.2 Å². The molecule has 1 amide bonds. The number of carbonyl (C=O) groups is 1. The van der Waals surface area contributed by atoms with Crippen molar-refractivity contribution < 1.29 is 17.9 Å². The molecule has 0 heterocycles. The first-order valence-electron chi connectivity index (χ1n) is 7.93. The van der Waals surface area contributed by atoms with Gasteiger partial charge in [0.25, 0.3) is 5.91 Å². The van der Waals surface area contributed by atoms with E-state index in [4.69, 9.17) is 4.74 Å². The summed E-state index contributed by atoms with van der Waals surface area (Å²) in [6.45, 7) is 1.39. The highest BCUT2D eigenvalue weighted by molar-refractivity contribution is 9.10. The Balaban J connectivity index is 2.02. The van der Waals surface area contributed by atoms with Gasteiger partial charge < -0.3 is 4.74 Å². The molecular formula is C18H20BrN3O4S. The average Bonchev–Trinajstić information content (AvgIpc) is 2.63. The van der Waals surface area contributed by atoms with Gasteiger partial charge in [0.15, 0.2) is 0 Å². The third-order valence-corrected chi connectivity index (χ3v) is 6.26. The molecule has 0 atom stereocenters. The number of ether oxygens (including phenoxy) is 1. The Labute approximate surface area is 167 Å². The van der Waals surface area contributed by atoms with Crippen LogP contribution in [0, 0.1) is 6.92 Å². The summed E-state index contributed by atoms with van der Waals surface area (Å²) in [6, 6.07) is 11.9. The highest BCUT2D eigenvalue weighted by Gasteiger charge is 2.23. The van der Waals surface area contributed by atoms with Gasteiger partial charge >= 0.3 is 0 Å². The normalized spacial score (nSPS) is 11.7. The van der Waals surface area contributed by atoms with Crippen LogP contribution in [0.25, 0.3) is 0 Å². The number of nitrogens with one attached hydrogen (secondary N) is 1. The SMILES string of the molecule is COc1ccc(S(=O)(=O)N(C)CC(=O)N/N=C\c2ccccc2Br)cc1C. The van der Waals surface area contributed by atoms with Crippen molar-refractivity contribution in [2.45, 2.75) is 11.8 Å². The van der Waals surface area contributed by atoms with E-state index in [1.165, 1.54) is 32.5 Å². The quantitative estimate of drug-likeness (QED) is 0.515. The number of nitrogens with zero attached hydrogens (tertiary/aromatic N) is 2. The molecule has 0 aromatic heterocycles. The summed E-state index contributed by atoms with van der Waals surface area (Å²) in [5.41, 5.74) is 3.80. The number of likely N-dealkylation sites (N-methyl/N-ethyl adjacent to an activating group) is 1. The Morgan fingerprint density at radius 3 is 2.63 bits per heavy atom. The Morgan fingerprint density at radius 1 is 1.30 bits per heavy atom. The second-order valence-electron chi connectivity index (χ2n) is 5.71.